The Morgan fingerprint density at radius 2 is 1.81 bits per heavy atom. The maximum absolute atomic E-state index is 12.3. The molecule has 1 aliphatic carbocycles. The number of amides is 2. The number of hydrogen-bond acceptors (Lipinski definition) is 4. The van der Waals surface area contributed by atoms with Crippen LogP contribution in [0.3, 0.4) is 0 Å². The van der Waals surface area contributed by atoms with Crippen molar-refractivity contribution in [1.82, 2.24) is 10.6 Å². The van der Waals surface area contributed by atoms with Crippen LogP contribution >= 0.6 is 0 Å². The monoisotopic (exact) mass is 424 g/mol. The van der Waals surface area contributed by atoms with Gasteiger partial charge in [-0.2, -0.15) is 0 Å². The van der Waals surface area contributed by atoms with Crippen molar-refractivity contribution in [3.05, 3.63) is 59.7 Å². The van der Waals surface area contributed by atoms with Gasteiger partial charge in [-0.3, -0.25) is 9.59 Å². The Balaban J connectivity index is 1.43. The van der Waals surface area contributed by atoms with Crippen molar-refractivity contribution in [2.24, 2.45) is 0 Å². The largest absolute Gasteiger partial charge is 0.493 e. The predicted octanol–water partition coefficient (Wildman–Crippen LogP) is 4.40. The Morgan fingerprint density at radius 1 is 1.06 bits per heavy atom. The highest BCUT2D eigenvalue weighted by Gasteiger charge is 2.19. The molecule has 1 fully saturated rings. The zero-order valence-corrected chi connectivity index (χ0v) is 18.4. The van der Waals surface area contributed by atoms with Crippen molar-refractivity contribution < 1.29 is 19.1 Å². The van der Waals surface area contributed by atoms with Gasteiger partial charge in [0.25, 0.3) is 5.91 Å². The number of nitrogens with one attached hydrogen (secondary N) is 2. The SMILES string of the molecule is COc1cc(C(C)NC(=O)CCCNC(=O)c2ccccc2)ccc1OC1CCCC1. The summed E-state index contributed by atoms with van der Waals surface area (Å²) < 4.78 is 11.6. The van der Waals surface area contributed by atoms with Crippen molar-refractivity contribution >= 4 is 11.8 Å². The van der Waals surface area contributed by atoms with Gasteiger partial charge >= 0.3 is 0 Å². The van der Waals surface area contributed by atoms with E-state index in [1.165, 1.54) is 12.8 Å². The summed E-state index contributed by atoms with van der Waals surface area (Å²) in [5.41, 5.74) is 1.58. The van der Waals surface area contributed by atoms with E-state index in [0.717, 1.165) is 24.2 Å². The molecule has 6 heteroatoms. The maximum atomic E-state index is 12.3. The molecule has 2 N–H and O–H groups in total. The van der Waals surface area contributed by atoms with Gasteiger partial charge in [0.15, 0.2) is 11.5 Å². The molecule has 3 rings (SSSR count). The molecule has 2 aromatic carbocycles. The smallest absolute Gasteiger partial charge is 0.251 e. The van der Waals surface area contributed by atoms with Gasteiger partial charge in [0, 0.05) is 18.5 Å². The molecule has 31 heavy (non-hydrogen) atoms. The standard InChI is InChI=1S/C25H32N2O4/c1-18(20-14-15-22(23(17-20)30-2)31-21-11-6-7-12-21)27-24(28)13-8-16-26-25(29)19-9-4-3-5-10-19/h3-5,9-10,14-15,17-18,21H,6-8,11-13,16H2,1-2H3,(H,26,29)(H,27,28). The molecule has 2 amide bonds. The number of methoxy groups -OCH3 is 1. The number of hydrogen-bond donors (Lipinski definition) is 2. The minimum absolute atomic E-state index is 0.0493. The molecule has 0 heterocycles. The minimum Gasteiger partial charge on any atom is -0.493 e. The summed E-state index contributed by atoms with van der Waals surface area (Å²) in [5.74, 6) is 1.27. The van der Waals surface area contributed by atoms with Gasteiger partial charge < -0.3 is 20.1 Å². The van der Waals surface area contributed by atoms with Crippen LogP contribution in [0.4, 0.5) is 0 Å². The summed E-state index contributed by atoms with van der Waals surface area (Å²) in [5, 5.41) is 5.85. The van der Waals surface area contributed by atoms with Crippen molar-refractivity contribution in [1.29, 1.82) is 0 Å². The van der Waals surface area contributed by atoms with Crippen LogP contribution < -0.4 is 20.1 Å². The molecule has 0 spiro atoms. The average Bonchev–Trinajstić information content (AvgIpc) is 3.30. The fourth-order valence-electron chi connectivity index (χ4n) is 3.78. The first-order valence-electron chi connectivity index (χ1n) is 11.0. The Labute approximate surface area is 184 Å². The Hall–Kier alpha value is -3.02. The van der Waals surface area contributed by atoms with E-state index in [2.05, 4.69) is 10.6 Å². The van der Waals surface area contributed by atoms with Crippen LogP contribution in [0.1, 0.15) is 67.4 Å². The van der Waals surface area contributed by atoms with E-state index < -0.39 is 0 Å². The highest BCUT2D eigenvalue weighted by atomic mass is 16.5. The zero-order valence-electron chi connectivity index (χ0n) is 18.4. The molecule has 0 radical (unpaired) electrons. The molecule has 0 saturated heterocycles. The molecule has 1 unspecified atom stereocenters. The molecule has 6 nitrogen and oxygen atoms in total. The van der Waals surface area contributed by atoms with Crippen LogP contribution in [0, 0.1) is 0 Å². The number of carbonyl (C=O) groups is 2. The van der Waals surface area contributed by atoms with Crippen LogP contribution in [0.5, 0.6) is 11.5 Å². The van der Waals surface area contributed by atoms with E-state index in [9.17, 15) is 9.59 Å². The van der Waals surface area contributed by atoms with E-state index in [4.69, 9.17) is 9.47 Å². The van der Waals surface area contributed by atoms with Crippen molar-refractivity contribution in [2.45, 2.75) is 57.6 Å². The van der Waals surface area contributed by atoms with Crippen molar-refractivity contribution in [2.75, 3.05) is 13.7 Å². The third-order valence-electron chi connectivity index (χ3n) is 5.56. The highest BCUT2D eigenvalue weighted by molar-refractivity contribution is 5.94. The van der Waals surface area contributed by atoms with Crippen LogP contribution in [0.15, 0.2) is 48.5 Å². The van der Waals surface area contributed by atoms with Gasteiger partial charge in [-0.15, -0.1) is 0 Å². The Kier molecular flexibility index (Phi) is 8.33. The highest BCUT2D eigenvalue weighted by Crippen LogP contribution is 2.33. The quantitative estimate of drug-likeness (QED) is 0.554. The Bertz CT molecular complexity index is 863. The summed E-state index contributed by atoms with van der Waals surface area (Å²) in [6, 6.07) is 14.7. The van der Waals surface area contributed by atoms with Gasteiger partial charge in [-0.1, -0.05) is 24.3 Å². The average molecular weight is 425 g/mol. The molecule has 0 aliphatic heterocycles. The minimum atomic E-state index is -0.152. The molecule has 1 aliphatic rings. The number of ether oxygens (including phenoxy) is 2. The molecule has 1 atom stereocenters. The summed E-state index contributed by atoms with van der Waals surface area (Å²) in [6.45, 7) is 2.40. The normalized spacial score (nSPS) is 14.6. The lowest BCUT2D eigenvalue weighted by atomic mass is 10.1. The molecule has 2 aromatic rings. The first-order chi connectivity index (χ1) is 15.1. The molecular formula is C25H32N2O4. The summed E-state index contributed by atoms with van der Waals surface area (Å²) in [6.07, 6.45) is 5.79. The molecule has 0 bridgehead atoms. The molecular weight excluding hydrogens is 392 g/mol. The van der Waals surface area contributed by atoms with Gasteiger partial charge in [0.2, 0.25) is 5.91 Å². The molecule has 1 saturated carbocycles. The van der Waals surface area contributed by atoms with Crippen LogP contribution in [0.25, 0.3) is 0 Å². The van der Waals surface area contributed by atoms with Gasteiger partial charge in [-0.25, -0.2) is 0 Å². The molecule has 166 valence electrons. The fourth-order valence-corrected chi connectivity index (χ4v) is 3.78. The second-order valence-corrected chi connectivity index (χ2v) is 7.95. The van der Waals surface area contributed by atoms with E-state index in [-0.39, 0.29) is 24.0 Å². The van der Waals surface area contributed by atoms with Gasteiger partial charge in [0.05, 0.1) is 19.3 Å². The summed E-state index contributed by atoms with van der Waals surface area (Å²) >= 11 is 0. The predicted molar refractivity (Wildman–Crippen MR) is 120 cm³/mol. The second-order valence-electron chi connectivity index (χ2n) is 7.95. The van der Waals surface area contributed by atoms with Crippen molar-refractivity contribution in [3.8, 4) is 11.5 Å². The van der Waals surface area contributed by atoms with E-state index in [0.29, 0.717) is 30.7 Å². The number of benzene rings is 2. The fraction of sp³-hybridized carbons (Fsp3) is 0.440. The Morgan fingerprint density at radius 3 is 2.52 bits per heavy atom. The summed E-state index contributed by atoms with van der Waals surface area (Å²) in [7, 11) is 1.63. The lowest BCUT2D eigenvalue weighted by Gasteiger charge is -2.19. The third kappa shape index (κ3) is 6.74. The third-order valence-corrected chi connectivity index (χ3v) is 5.56. The lowest BCUT2D eigenvalue weighted by Crippen LogP contribution is -2.29. The van der Waals surface area contributed by atoms with Crippen LogP contribution in [0.2, 0.25) is 0 Å². The second kappa shape index (κ2) is 11.4. The van der Waals surface area contributed by atoms with Gasteiger partial charge in [-0.05, 0) is 68.9 Å². The summed E-state index contributed by atoms with van der Waals surface area (Å²) in [4.78, 5) is 24.3. The zero-order chi connectivity index (χ0) is 22.1. The number of rotatable bonds is 10. The maximum Gasteiger partial charge on any atom is 0.251 e. The first-order valence-corrected chi connectivity index (χ1v) is 11.0. The lowest BCUT2D eigenvalue weighted by molar-refractivity contribution is -0.121. The molecule has 0 aromatic heterocycles. The van der Waals surface area contributed by atoms with Crippen LogP contribution in [-0.2, 0) is 4.79 Å². The van der Waals surface area contributed by atoms with Crippen LogP contribution in [-0.4, -0.2) is 31.6 Å². The van der Waals surface area contributed by atoms with Gasteiger partial charge in [0.1, 0.15) is 0 Å². The topological polar surface area (TPSA) is 76.7 Å². The van der Waals surface area contributed by atoms with E-state index >= 15 is 0 Å². The first kappa shape index (κ1) is 22.7. The number of carbonyl (C=O) groups excluding carboxylic acids is 2. The van der Waals surface area contributed by atoms with Crippen molar-refractivity contribution in [3.63, 3.8) is 0 Å². The van der Waals surface area contributed by atoms with E-state index in [1.54, 1.807) is 19.2 Å². The van der Waals surface area contributed by atoms with E-state index in [1.807, 2.05) is 43.3 Å².